The fraction of sp³-hybridized carbons (Fsp3) is 0.500. The van der Waals surface area contributed by atoms with Crippen molar-refractivity contribution in [2.75, 3.05) is 5.32 Å². The summed E-state index contributed by atoms with van der Waals surface area (Å²) in [6.45, 7) is 4.25. The van der Waals surface area contributed by atoms with E-state index < -0.39 is 0 Å². The molecule has 1 N–H and O–H groups in total. The molecule has 0 atom stereocenters. The maximum absolute atomic E-state index is 11.1. The summed E-state index contributed by atoms with van der Waals surface area (Å²) >= 11 is 0. The van der Waals surface area contributed by atoms with Crippen LogP contribution in [0.3, 0.4) is 0 Å². The Morgan fingerprint density at radius 1 is 1.12 bits per heavy atom. The topological polar surface area (TPSA) is 29.1 Å². The molecule has 86 valence electrons. The molecule has 16 heavy (non-hydrogen) atoms. The second-order valence-electron chi connectivity index (χ2n) is 4.76. The number of Topliss-reactive ketones (excluding diaryl/α,β-unsaturated/α-hetero) is 1. The fourth-order valence-corrected chi connectivity index (χ4v) is 2.15. The van der Waals surface area contributed by atoms with Crippen LogP contribution in [-0.4, -0.2) is 11.8 Å². The molecule has 1 fully saturated rings. The first-order valence-corrected chi connectivity index (χ1v) is 6.00. The molecular formula is C14H19NO. The first-order valence-electron chi connectivity index (χ1n) is 6.00. The van der Waals surface area contributed by atoms with E-state index in [1.807, 2.05) is 0 Å². The molecule has 0 amide bonds. The summed E-state index contributed by atoms with van der Waals surface area (Å²) in [5, 5.41) is 3.52. The monoisotopic (exact) mass is 217 g/mol. The predicted molar refractivity (Wildman–Crippen MR) is 66.8 cm³/mol. The highest BCUT2D eigenvalue weighted by Gasteiger charge is 2.18. The smallest absolute Gasteiger partial charge is 0.133 e. The third-order valence-electron chi connectivity index (χ3n) is 3.42. The zero-order chi connectivity index (χ0) is 11.5. The van der Waals surface area contributed by atoms with Gasteiger partial charge in [0, 0.05) is 24.6 Å². The summed E-state index contributed by atoms with van der Waals surface area (Å²) in [5.41, 5.74) is 3.82. The molecule has 2 heteroatoms. The second kappa shape index (κ2) is 4.69. The van der Waals surface area contributed by atoms with Crippen LogP contribution >= 0.6 is 0 Å². The number of hydrogen-bond acceptors (Lipinski definition) is 2. The first-order chi connectivity index (χ1) is 7.65. The minimum Gasteiger partial charge on any atom is -0.382 e. The molecule has 1 aliphatic rings. The molecule has 0 saturated heterocycles. The molecule has 0 unspecified atom stereocenters. The number of anilines is 1. The average molecular weight is 217 g/mol. The summed E-state index contributed by atoms with van der Waals surface area (Å²) in [5.74, 6) is 0.415. The van der Waals surface area contributed by atoms with Gasteiger partial charge >= 0.3 is 0 Å². The van der Waals surface area contributed by atoms with E-state index >= 15 is 0 Å². The number of benzene rings is 1. The zero-order valence-corrected chi connectivity index (χ0v) is 10.0. The van der Waals surface area contributed by atoms with Gasteiger partial charge in [0.25, 0.3) is 0 Å². The minimum atomic E-state index is 0.415. The Balaban J connectivity index is 1.98. The van der Waals surface area contributed by atoms with E-state index in [1.165, 1.54) is 16.8 Å². The van der Waals surface area contributed by atoms with Gasteiger partial charge in [-0.1, -0.05) is 6.07 Å². The van der Waals surface area contributed by atoms with Crippen molar-refractivity contribution in [2.24, 2.45) is 0 Å². The van der Waals surface area contributed by atoms with Gasteiger partial charge in [-0.2, -0.15) is 0 Å². The summed E-state index contributed by atoms with van der Waals surface area (Å²) < 4.78 is 0. The first kappa shape index (κ1) is 11.2. The van der Waals surface area contributed by atoms with Gasteiger partial charge in [-0.05, 0) is 49.9 Å². The molecule has 0 heterocycles. The maximum Gasteiger partial charge on any atom is 0.133 e. The number of nitrogens with one attached hydrogen (secondary N) is 1. The molecule has 1 aromatic rings. The van der Waals surface area contributed by atoms with Crippen LogP contribution in [0.4, 0.5) is 5.69 Å². The summed E-state index contributed by atoms with van der Waals surface area (Å²) in [6, 6.07) is 6.93. The maximum atomic E-state index is 11.1. The average Bonchev–Trinajstić information content (AvgIpc) is 2.27. The van der Waals surface area contributed by atoms with E-state index in [9.17, 15) is 4.79 Å². The lowest BCUT2D eigenvalue weighted by molar-refractivity contribution is -0.120. The van der Waals surface area contributed by atoms with Crippen molar-refractivity contribution < 1.29 is 4.79 Å². The van der Waals surface area contributed by atoms with Crippen molar-refractivity contribution in [3.8, 4) is 0 Å². The largest absolute Gasteiger partial charge is 0.382 e. The van der Waals surface area contributed by atoms with Crippen molar-refractivity contribution >= 4 is 11.5 Å². The van der Waals surface area contributed by atoms with Crippen molar-refractivity contribution in [3.05, 3.63) is 29.3 Å². The van der Waals surface area contributed by atoms with Crippen LogP contribution in [0.1, 0.15) is 36.8 Å². The lowest BCUT2D eigenvalue weighted by Gasteiger charge is -2.23. The van der Waals surface area contributed by atoms with E-state index in [-0.39, 0.29) is 0 Å². The number of rotatable bonds is 2. The van der Waals surface area contributed by atoms with Gasteiger partial charge in [-0.15, -0.1) is 0 Å². The second-order valence-corrected chi connectivity index (χ2v) is 4.76. The van der Waals surface area contributed by atoms with Gasteiger partial charge in [0.05, 0.1) is 0 Å². The van der Waals surface area contributed by atoms with Crippen molar-refractivity contribution in [3.63, 3.8) is 0 Å². The van der Waals surface area contributed by atoms with Crippen LogP contribution in [0.25, 0.3) is 0 Å². The van der Waals surface area contributed by atoms with Gasteiger partial charge in [0.2, 0.25) is 0 Å². The highest BCUT2D eigenvalue weighted by Crippen LogP contribution is 2.21. The molecule has 0 aliphatic heterocycles. The fourth-order valence-electron chi connectivity index (χ4n) is 2.15. The molecule has 0 spiro atoms. The van der Waals surface area contributed by atoms with Crippen LogP contribution in [0.15, 0.2) is 18.2 Å². The highest BCUT2D eigenvalue weighted by atomic mass is 16.1. The number of hydrogen-bond donors (Lipinski definition) is 1. The van der Waals surface area contributed by atoms with Gasteiger partial charge in [0.15, 0.2) is 0 Å². The Morgan fingerprint density at radius 2 is 1.81 bits per heavy atom. The Bertz CT molecular complexity index is 388. The molecule has 0 radical (unpaired) electrons. The van der Waals surface area contributed by atoms with Gasteiger partial charge in [0.1, 0.15) is 5.78 Å². The lowest BCUT2D eigenvalue weighted by Crippen LogP contribution is -2.25. The van der Waals surface area contributed by atoms with Crippen LogP contribution in [0.2, 0.25) is 0 Å². The van der Waals surface area contributed by atoms with E-state index in [4.69, 9.17) is 0 Å². The van der Waals surface area contributed by atoms with Crippen molar-refractivity contribution in [1.29, 1.82) is 0 Å². The van der Waals surface area contributed by atoms with Crippen LogP contribution in [0, 0.1) is 13.8 Å². The zero-order valence-electron chi connectivity index (χ0n) is 10.0. The minimum absolute atomic E-state index is 0.415. The Kier molecular flexibility index (Phi) is 3.28. The van der Waals surface area contributed by atoms with Crippen molar-refractivity contribution in [2.45, 2.75) is 45.6 Å². The standard InChI is InChI=1S/C14H19NO/c1-10-3-4-13(9-11(10)2)15-12-5-7-14(16)8-6-12/h3-4,9,12,15H,5-8H2,1-2H3. The van der Waals surface area contributed by atoms with E-state index in [0.29, 0.717) is 11.8 Å². The lowest BCUT2D eigenvalue weighted by atomic mass is 9.94. The van der Waals surface area contributed by atoms with Gasteiger partial charge in [-0.3, -0.25) is 4.79 Å². The molecule has 1 aliphatic carbocycles. The van der Waals surface area contributed by atoms with Gasteiger partial charge < -0.3 is 5.32 Å². The Hall–Kier alpha value is -1.31. The number of ketones is 1. The third-order valence-corrected chi connectivity index (χ3v) is 3.42. The molecule has 1 aromatic carbocycles. The SMILES string of the molecule is Cc1ccc(NC2CCC(=O)CC2)cc1C. The molecular weight excluding hydrogens is 198 g/mol. The quantitative estimate of drug-likeness (QED) is 0.824. The predicted octanol–water partition coefficient (Wildman–Crippen LogP) is 3.23. The summed E-state index contributed by atoms with van der Waals surface area (Å²) in [4.78, 5) is 11.1. The van der Waals surface area contributed by atoms with E-state index in [2.05, 4.69) is 37.4 Å². The van der Waals surface area contributed by atoms with Crippen LogP contribution in [0.5, 0.6) is 0 Å². The molecule has 1 saturated carbocycles. The summed E-state index contributed by atoms with van der Waals surface area (Å²) in [7, 11) is 0. The molecule has 0 aromatic heterocycles. The Labute approximate surface area is 97.1 Å². The number of carbonyl (C=O) groups excluding carboxylic acids is 1. The third kappa shape index (κ3) is 2.63. The number of aryl methyl sites for hydroxylation is 2. The van der Waals surface area contributed by atoms with Gasteiger partial charge in [-0.25, -0.2) is 0 Å². The van der Waals surface area contributed by atoms with E-state index in [0.717, 1.165) is 25.7 Å². The molecule has 2 rings (SSSR count). The Morgan fingerprint density at radius 3 is 2.44 bits per heavy atom. The van der Waals surface area contributed by atoms with Crippen LogP contribution in [-0.2, 0) is 4.79 Å². The van der Waals surface area contributed by atoms with Crippen molar-refractivity contribution in [1.82, 2.24) is 0 Å². The number of carbonyl (C=O) groups is 1. The molecule has 2 nitrogen and oxygen atoms in total. The van der Waals surface area contributed by atoms with E-state index in [1.54, 1.807) is 0 Å². The summed E-state index contributed by atoms with van der Waals surface area (Å²) in [6.07, 6.45) is 3.43. The van der Waals surface area contributed by atoms with Crippen LogP contribution < -0.4 is 5.32 Å². The molecule has 0 bridgehead atoms. The normalized spacial score (nSPS) is 17.5. The highest BCUT2D eigenvalue weighted by molar-refractivity contribution is 5.79.